The molecule has 1 atom stereocenters. The van der Waals surface area contributed by atoms with Gasteiger partial charge in [-0.1, -0.05) is 11.7 Å². The minimum Gasteiger partial charge on any atom is -0.364 e. The van der Waals surface area contributed by atoms with E-state index in [4.69, 9.17) is 4.52 Å². The second-order valence-electron chi connectivity index (χ2n) is 6.46. The van der Waals surface area contributed by atoms with Crippen LogP contribution in [0.2, 0.25) is 0 Å². The Labute approximate surface area is 160 Å². The molecule has 1 saturated heterocycles. The van der Waals surface area contributed by atoms with Gasteiger partial charge in [0.25, 0.3) is 0 Å². The van der Waals surface area contributed by atoms with E-state index in [0.29, 0.717) is 18.4 Å². The van der Waals surface area contributed by atoms with E-state index in [2.05, 4.69) is 32.3 Å². The van der Waals surface area contributed by atoms with E-state index >= 15 is 0 Å². The van der Waals surface area contributed by atoms with Crippen LogP contribution in [0.25, 0.3) is 10.2 Å². The second-order valence-corrected chi connectivity index (χ2v) is 7.38. The third-order valence-electron chi connectivity index (χ3n) is 4.42. The average Bonchev–Trinajstić information content (AvgIpc) is 3.30. The summed E-state index contributed by atoms with van der Waals surface area (Å²) in [7, 11) is 0. The van der Waals surface area contributed by atoms with E-state index in [1.165, 1.54) is 6.08 Å². The normalized spacial score (nSPS) is 17.1. The Hall–Kier alpha value is -2.94. The number of fused-ring (bicyclic) bond motifs is 1. The molecular weight excluding hydrogens is 364 g/mol. The van der Waals surface area contributed by atoms with Gasteiger partial charge in [0.05, 0.1) is 15.9 Å². The van der Waals surface area contributed by atoms with Crippen LogP contribution >= 0.6 is 11.3 Å². The van der Waals surface area contributed by atoms with Crippen LogP contribution in [-0.2, 0) is 4.79 Å². The molecule has 0 aromatic carbocycles. The molecule has 8 nitrogen and oxygen atoms in total. The number of carbonyl (C=O) groups is 1. The molecule has 140 valence electrons. The lowest BCUT2D eigenvalue weighted by Gasteiger charge is -2.32. The fourth-order valence-electron chi connectivity index (χ4n) is 3.17. The first kappa shape index (κ1) is 17.5. The summed E-state index contributed by atoms with van der Waals surface area (Å²) in [6.07, 6.45) is 3.28. The number of amides is 1. The third kappa shape index (κ3) is 3.77. The molecule has 2 N–H and O–H groups in total. The molecule has 4 rings (SSSR count). The zero-order chi connectivity index (χ0) is 18.8. The van der Waals surface area contributed by atoms with Crippen molar-refractivity contribution in [2.24, 2.45) is 0 Å². The zero-order valence-corrected chi connectivity index (χ0v) is 15.8. The van der Waals surface area contributed by atoms with Crippen molar-refractivity contribution in [2.45, 2.75) is 25.8 Å². The molecule has 3 aromatic rings. The first-order chi connectivity index (χ1) is 13.1. The van der Waals surface area contributed by atoms with E-state index in [9.17, 15) is 4.79 Å². The molecule has 1 fully saturated rings. The summed E-state index contributed by atoms with van der Waals surface area (Å²) in [4.78, 5) is 22.9. The topological polar surface area (TPSA) is 96.2 Å². The summed E-state index contributed by atoms with van der Waals surface area (Å²) < 4.78 is 6.18. The van der Waals surface area contributed by atoms with Crippen molar-refractivity contribution in [1.82, 2.24) is 20.0 Å². The standard InChI is InChI=1S/C18H20N6O2S/c1-3-15(25)24-7-4-5-12(10-24)19-17-16-13(6-8-27-16)20-18(22-17)21-14-9-11(2)23-26-14/h3,6,8-9,12H,1,4-5,7,10H2,2H3,(H2,19,20,21,22)/t12-/m1/s1. The van der Waals surface area contributed by atoms with Gasteiger partial charge in [-0.2, -0.15) is 4.98 Å². The Morgan fingerprint density at radius 2 is 2.37 bits per heavy atom. The second kappa shape index (κ2) is 7.36. The fraction of sp³-hybridized carbons (Fsp3) is 0.333. The molecule has 4 heterocycles. The molecule has 0 saturated carbocycles. The summed E-state index contributed by atoms with van der Waals surface area (Å²) in [5.41, 5.74) is 1.63. The number of hydrogen-bond acceptors (Lipinski definition) is 8. The summed E-state index contributed by atoms with van der Waals surface area (Å²) in [6, 6.07) is 3.87. The number of piperidine rings is 1. The first-order valence-corrected chi connectivity index (χ1v) is 9.64. The van der Waals surface area contributed by atoms with Crippen LogP contribution in [0.4, 0.5) is 17.7 Å². The smallest absolute Gasteiger partial charge is 0.246 e. The highest BCUT2D eigenvalue weighted by Crippen LogP contribution is 2.29. The average molecular weight is 384 g/mol. The molecule has 0 radical (unpaired) electrons. The SMILES string of the molecule is C=CC(=O)N1CCC[C@@H](Nc2nc(Nc3cc(C)no3)nc3ccsc23)C1. The number of likely N-dealkylation sites (tertiary alicyclic amines) is 1. The molecule has 0 bridgehead atoms. The zero-order valence-electron chi connectivity index (χ0n) is 14.9. The minimum atomic E-state index is -0.0338. The number of rotatable bonds is 5. The van der Waals surface area contributed by atoms with Crippen LogP contribution < -0.4 is 10.6 Å². The quantitative estimate of drug-likeness (QED) is 0.651. The number of aryl methyl sites for hydroxylation is 1. The van der Waals surface area contributed by atoms with Crippen molar-refractivity contribution in [3.63, 3.8) is 0 Å². The Kier molecular flexibility index (Phi) is 4.76. The first-order valence-electron chi connectivity index (χ1n) is 8.76. The van der Waals surface area contributed by atoms with Gasteiger partial charge < -0.3 is 14.7 Å². The molecular formula is C18H20N6O2S. The number of carbonyl (C=O) groups excluding carboxylic acids is 1. The third-order valence-corrected chi connectivity index (χ3v) is 5.33. The summed E-state index contributed by atoms with van der Waals surface area (Å²) in [6.45, 7) is 6.82. The van der Waals surface area contributed by atoms with Gasteiger partial charge in [-0.3, -0.25) is 10.1 Å². The number of aromatic nitrogens is 3. The van der Waals surface area contributed by atoms with Crippen molar-refractivity contribution in [2.75, 3.05) is 23.7 Å². The molecule has 1 aliphatic heterocycles. The van der Waals surface area contributed by atoms with Crippen molar-refractivity contribution in [3.05, 3.63) is 35.9 Å². The van der Waals surface area contributed by atoms with Crippen LogP contribution in [0, 0.1) is 6.92 Å². The van der Waals surface area contributed by atoms with Gasteiger partial charge in [-0.15, -0.1) is 11.3 Å². The summed E-state index contributed by atoms with van der Waals surface area (Å²) in [5, 5.41) is 12.4. The molecule has 0 unspecified atom stereocenters. The van der Waals surface area contributed by atoms with Gasteiger partial charge >= 0.3 is 0 Å². The molecule has 1 aliphatic rings. The summed E-state index contributed by atoms with van der Waals surface area (Å²) >= 11 is 1.59. The van der Waals surface area contributed by atoms with E-state index in [-0.39, 0.29) is 11.9 Å². The maximum atomic E-state index is 11.9. The van der Waals surface area contributed by atoms with Gasteiger partial charge in [-0.25, -0.2) is 4.98 Å². The van der Waals surface area contributed by atoms with Gasteiger partial charge in [0.2, 0.25) is 17.7 Å². The highest BCUT2D eigenvalue weighted by Gasteiger charge is 2.23. The Bertz CT molecular complexity index is 981. The highest BCUT2D eigenvalue weighted by molar-refractivity contribution is 7.17. The Morgan fingerprint density at radius 3 is 3.15 bits per heavy atom. The van der Waals surface area contributed by atoms with Crippen molar-refractivity contribution in [3.8, 4) is 0 Å². The maximum Gasteiger partial charge on any atom is 0.246 e. The number of anilines is 3. The van der Waals surface area contributed by atoms with E-state index in [0.717, 1.165) is 41.1 Å². The van der Waals surface area contributed by atoms with Crippen molar-refractivity contribution < 1.29 is 9.32 Å². The van der Waals surface area contributed by atoms with Gasteiger partial charge in [0.15, 0.2) is 0 Å². The van der Waals surface area contributed by atoms with Crippen LogP contribution in [0.15, 0.2) is 34.7 Å². The molecule has 27 heavy (non-hydrogen) atoms. The lowest BCUT2D eigenvalue weighted by atomic mass is 10.1. The predicted molar refractivity (Wildman–Crippen MR) is 105 cm³/mol. The lowest BCUT2D eigenvalue weighted by molar-refractivity contribution is -0.127. The molecule has 1 amide bonds. The number of nitrogens with zero attached hydrogens (tertiary/aromatic N) is 4. The minimum absolute atomic E-state index is 0.0338. The maximum absolute atomic E-state index is 11.9. The van der Waals surface area contributed by atoms with Gasteiger partial charge in [0, 0.05) is 25.2 Å². The van der Waals surface area contributed by atoms with Crippen LogP contribution in [-0.4, -0.2) is 45.1 Å². The fourth-order valence-corrected chi connectivity index (χ4v) is 3.95. The number of thiophene rings is 1. The number of hydrogen-bond donors (Lipinski definition) is 2. The Balaban J connectivity index is 1.57. The number of nitrogens with one attached hydrogen (secondary N) is 2. The van der Waals surface area contributed by atoms with Crippen LogP contribution in [0.3, 0.4) is 0 Å². The summed E-state index contributed by atoms with van der Waals surface area (Å²) in [5.74, 6) is 1.66. The predicted octanol–water partition coefficient (Wildman–Crippen LogP) is 3.32. The largest absolute Gasteiger partial charge is 0.364 e. The van der Waals surface area contributed by atoms with E-state index < -0.39 is 0 Å². The van der Waals surface area contributed by atoms with E-state index in [1.807, 2.05) is 23.3 Å². The lowest BCUT2D eigenvalue weighted by Crippen LogP contribution is -2.44. The van der Waals surface area contributed by atoms with Crippen LogP contribution in [0.5, 0.6) is 0 Å². The monoisotopic (exact) mass is 384 g/mol. The molecule has 3 aromatic heterocycles. The Morgan fingerprint density at radius 1 is 1.48 bits per heavy atom. The molecule has 0 spiro atoms. The highest BCUT2D eigenvalue weighted by atomic mass is 32.1. The van der Waals surface area contributed by atoms with Crippen molar-refractivity contribution in [1.29, 1.82) is 0 Å². The molecule has 0 aliphatic carbocycles. The van der Waals surface area contributed by atoms with Gasteiger partial charge in [0.1, 0.15) is 5.82 Å². The van der Waals surface area contributed by atoms with Crippen molar-refractivity contribution >= 4 is 45.1 Å². The molecule has 9 heteroatoms. The van der Waals surface area contributed by atoms with Gasteiger partial charge in [-0.05, 0) is 37.3 Å². The van der Waals surface area contributed by atoms with Crippen LogP contribution in [0.1, 0.15) is 18.5 Å². The van der Waals surface area contributed by atoms with E-state index in [1.54, 1.807) is 17.4 Å².